The van der Waals surface area contributed by atoms with Crippen molar-refractivity contribution in [1.82, 2.24) is 0 Å². The van der Waals surface area contributed by atoms with E-state index in [1.165, 1.54) is 0 Å². The fourth-order valence-corrected chi connectivity index (χ4v) is 3.39. The van der Waals surface area contributed by atoms with Gasteiger partial charge in [0.05, 0.1) is 0 Å². The van der Waals surface area contributed by atoms with Crippen LogP contribution in [-0.4, -0.2) is 56.8 Å². The molecule has 8 heteroatoms. The molecule has 2 rings (SSSR count). The molecule has 0 aromatic heterocycles. The Balaban J connectivity index is 0.000000360. The highest BCUT2D eigenvalue weighted by Crippen LogP contribution is 2.17. The van der Waals surface area contributed by atoms with Gasteiger partial charge in [-0.2, -0.15) is 0 Å². The predicted molar refractivity (Wildman–Crippen MR) is 137 cm³/mol. The summed E-state index contributed by atoms with van der Waals surface area (Å²) in [6, 6.07) is 17.4. The molecule has 0 spiro atoms. The maximum atomic E-state index is 11.1. The van der Waals surface area contributed by atoms with Gasteiger partial charge >= 0.3 is 11.9 Å². The maximum Gasteiger partial charge on any atom is 0.347 e. The second-order valence-electron chi connectivity index (χ2n) is 8.51. The standard InChI is InChI=1S/2C14H20O4/c2*1-2-3-5-10-12(15)13(14(16)17)18-11-8-6-4-7-9-11/h2*4,6-9,12-13,15H,2-3,5,10H2,1H3,(H,16,17). The third kappa shape index (κ3) is 12.6. The quantitative estimate of drug-likeness (QED) is 0.237. The topological polar surface area (TPSA) is 134 Å². The van der Waals surface area contributed by atoms with Crippen LogP contribution < -0.4 is 9.47 Å². The Hall–Kier alpha value is -3.10. The molecule has 0 aliphatic rings. The number of rotatable bonds is 16. The largest absolute Gasteiger partial charge is 0.478 e. The van der Waals surface area contributed by atoms with E-state index in [-0.39, 0.29) is 0 Å². The van der Waals surface area contributed by atoms with Crippen molar-refractivity contribution in [2.24, 2.45) is 0 Å². The summed E-state index contributed by atoms with van der Waals surface area (Å²) in [5, 5.41) is 37.9. The monoisotopic (exact) mass is 504 g/mol. The van der Waals surface area contributed by atoms with E-state index in [4.69, 9.17) is 19.7 Å². The number of hydrogen-bond acceptors (Lipinski definition) is 6. The Morgan fingerprint density at radius 1 is 0.639 bits per heavy atom. The summed E-state index contributed by atoms with van der Waals surface area (Å²) in [7, 11) is 0. The van der Waals surface area contributed by atoms with Crippen LogP contribution in [0.5, 0.6) is 11.5 Å². The second-order valence-corrected chi connectivity index (χ2v) is 8.51. The van der Waals surface area contributed by atoms with Gasteiger partial charge in [-0.05, 0) is 37.1 Å². The molecule has 4 N–H and O–H groups in total. The van der Waals surface area contributed by atoms with E-state index < -0.39 is 36.4 Å². The fourth-order valence-electron chi connectivity index (χ4n) is 3.39. The third-order valence-corrected chi connectivity index (χ3v) is 5.41. The van der Waals surface area contributed by atoms with Gasteiger partial charge in [0.1, 0.15) is 23.7 Å². The SMILES string of the molecule is CCCCCC(O)C(Oc1ccccc1)C(=O)O.CCCCCC(O)C(Oc1ccccc1)C(=O)O. The summed E-state index contributed by atoms with van der Waals surface area (Å²) < 4.78 is 10.6. The molecular formula is C28H40O8. The Labute approximate surface area is 213 Å². The number of benzene rings is 2. The van der Waals surface area contributed by atoms with Crippen molar-refractivity contribution in [2.75, 3.05) is 0 Å². The van der Waals surface area contributed by atoms with Gasteiger partial charge in [0.25, 0.3) is 0 Å². The number of aliphatic carboxylic acids is 2. The van der Waals surface area contributed by atoms with E-state index in [0.29, 0.717) is 24.3 Å². The Kier molecular flexibility index (Phi) is 15.6. The number of carbonyl (C=O) groups is 2. The first kappa shape index (κ1) is 30.9. The number of unbranched alkanes of at least 4 members (excludes halogenated alkanes) is 4. The van der Waals surface area contributed by atoms with Crippen LogP contribution in [-0.2, 0) is 9.59 Å². The van der Waals surface area contributed by atoms with Gasteiger partial charge < -0.3 is 29.9 Å². The van der Waals surface area contributed by atoms with Crippen molar-refractivity contribution in [3.05, 3.63) is 60.7 Å². The highest BCUT2D eigenvalue weighted by atomic mass is 16.5. The molecule has 0 fully saturated rings. The highest BCUT2D eigenvalue weighted by molar-refractivity contribution is 5.74. The number of hydrogen-bond donors (Lipinski definition) is 4. The number of carboxylic acid groups (broad SMARTS) is 2. The molecule has 0 saturated carbocycles. The van der Waals surface area contributed by atoms with Crippen molar-refractivity contribution in [3.63, 3.8) is 0 Å². The van der Waals surface area contributed by atoms with E-state index >= 15 is 0 Å². The van der Waals surface area contributed by atoms with Gasteiger partial charge in [0, 0.05) is 0 Å². The zero-order valence-corrected chi connectivity index (χ0v) is 21.2. The van der Waals surface area contributed by atoms with Crippen molar-refractivity contribution >= 4 is 11.9 Å². The van der Waals surface area contributed by atoms with Crippen LogP contribution >= 0.6 is 0 Å². The van der Waals surface area contributed by atoms with E-state index in [9.17, 15) is 19.8 Å². The van der Waals surface area contributed by atoms with Crippen molar-refractivity contribution in [2.45, 2.75) is 89.6 Å². The molecule has 0 heterocycles. The van der Waals surface area contributed by atoms with E-state index in [1.807, 2.05) is 12.1 Å². The highest BCUT2D eigenvalue weighted by Gasteiger charge is 2.29. The van der Waals surface area contributed by atoms with Gasteiger partial charge in [0.2, 0.25) is 12.2 Å². The van der Waals surface area contributed by atoms with Gasteiger partial charge in [-0.15, -0.1) is 0 Å². The molecular weight excluding hydrogens is 464 g/mol. The Morgan fingerprint density at radius 2 is 0.972 bits per heavy atom. The lowest BCUT2D eigenvalue weighted by Gasteiger charge is -2.20. The smallest absolute Gasteiger partial charge is 0.347 e. The van der Waals surface area contributed by atoms with Gasteiger partial charge in [0.15, 0.2) is 0 Å². The van der Waals surface area contributed by atoms with Crippen LogP contribution in [0.2, 0.25) is 0 Å². The summed E-state index contributed by atoms with van der Waals surface area (Å²) in [6.07, 6.45) is 2.16. The molecule has 0 saturated heterocycles. The molecule has 4 atom stereocenters. The van der Waals surface area contributed by atoms with E-state index in [1.54, 1.807) is 48.5 Å². The first-order chi connectivity index (χ1) is 17.3. The number of aliphatic hydroxyl groups excluding tert-OH is 2. The normalized spacial score (nSPS) is 13.9. The lowest BCUT2D eigenvalue weighted by molar-refractivity contribution is -0.151. The zero-order chi connectivity index (χ0) is 26.8. The summed E-state index contributed by atoms with van der Waals surface area (Å²) in [4.78, 5) is 22.2. The fraction of sp³-hybridized carbons (Fsp3) is 0.500. The minimum absolute atomic E-state index is 0.442. The summed E-state index contributed by atoms with van der Waals surface area (Å²) >= 11 is 0. The minimum atomic E-state index is -1.20. The Bertz CT molecular complexity index is 772. The average molecular weight is 505 g/mol. The molecule has 0 radical (unpaired) electrons. The van der Waals surface area contributed by atoms with E-state index in [2.05, 4.69) is 13.8 Å². The van der Waals surface area contributed by atoms with Crippen LogP contribution in [0.1, 0.15) is 65.2 Å². The van der Waals surface area contributed by atoms with Gasteiger partial charge in [-0.25, -0.2) is 9.59 Å². The van der Waals surface area contributed by atoms with Crippen LogP contribution in [0.25, 0.3) is 0 Å². The number of para-hydroxylation sites is 2. The minimum Gasteiger partial charge on any atom is -0.478 e. The van der Waals surface area contributed by atoms with E-state index in [0.717, 1.165) is 38.5 Å². The lowest BCUT2D eigenvalue weighted by Crippen LogP contribution is -2.39. The zero-order valence-electron chi connectivity index (χ0n) is 21.2. The van der Waals surface area contributed by atoms with Crippen molar-refractivity contribution < 1.29 is 39.5 Å². The summed E-state index contributed by atoms with van der Waals surface area (Å²) in [5.74, 6) is -1.36. The molecule has 0 amide bonds. The second kappa shape index (κ2) is 18.2. The molecule has 2 aromatic carbocycles. The average Bonchev–Trinajstić information content (AvgIpc) is 2.87. The first-order valence-corrected chi connectivity index (χ1v) is 12.5. The number of aliphatic hydroxyl groups is 2. The van der Waals surface area contributed by atoms with Crippen LogP contribution in [0, 0.1) is 0 Å². The molecule has 0 aliphatic heterocycles. The van der Waals surface area contributed by atoms with Crippen molar-refractivity contribution in [1.29, 1.82) is 0 Å². The molecule has 36 heavy (non-hydrogen) atoms. The summed E-state index contributed by atoms with van der Waals surface area (Å²) in [5.41, 5.74) is 0. The molecule has 8 nitrogen and oxygen atoms in total. The molecule has 2 aromatic rings. The summed E-state index contributed by atoms with van der Waals surface area (Å²) in [6.45, 7) is 4.11. The van der Waals surface area contributed by atoms with Crippen LogP contribution in [0.4, 0.5) is 0 Å². The molecule has 200 valence electrons. The number of carboxylic acids is 2. The predicted octanol–water partition coefficient (Wildman–Crippen LogP) is 4.92. The third-order valence-electron chi connectivity index (χ3n) is 5.41. The Morgan fingerprint density at radius 3 is 1.25 bits per heavy atom. The number of ether oxygens (including phenoxy) is 2. The molecule has 0 bridgehead atoms. The first-order valence-electron chi connectivity index (χ1n) is 12.5. The van der Waals surface area contributed by atoms with Gasteiger partial charge in [-0.3, -0.25) is 0 Å². The van der Waals surface area contributed by atoms with Gasteiger partial charge in [-0.1, -0.05) is 88.8 Å². The van der Waals surface area contributed by atoms with Crippen molar-refractivity contribution in [3.8, 4) is 11.5 Å². The maximum absolute atomic E-state index is 11.1. The van der Waals surface area contributed by atoms with Crippen LogP contribution in [0.15, 0.2) is 60.7 Å². The lowest BCUT2D eigenvalue weighted by atomic mass is 10.1. The molecule has 0 aliphatic carbocycles. The van der Waals surface area contributed by atoms with Crippen LogP contribution in [0.3, 0.4) is 0 Å². The molecule has 4 unspecified atom stereocenters.